The number of rotatable bonds is 5. The second-order valence-electron chi connectivity index (χ2n) is 3.55. The van der Waals surface area contributed by atoms with Crippen LogP contribution in [0.2, 0.25) is 0 Å². The van der Waals surface area contributed by atoms with Crippen LogP contribution in [0.3, 0.4) is 0 Å². The van der Waals surface area contributed by atoms with Crippen LogP contribution in [0.15, 0.2) is 12.1 Å². The molecule has 18 heavy (non-hydrogen) atoms. The number of benzene rings is 1. The van der Waals surface area contributed by atoms with Gasteiger partial charge in [0.15, 0.2) is 0 Å². The quantitative estimate of drug-likeness (QED) is 0.619. The lowest BCUT2D eigenvalue weighted by atomic mass is 10.0. The van der Waals surface area contributed by atoms with Crippen molar-refractivity contribution in [2.75, 3.05) is 13.7 Å². The van der Waals surface area contributed by atoms with Crippen molar-refractivity contribution in [3.63, 3.8) is 0 Å². The van der Waals surface area contributed by atoms with Crippen LogP contribution in [0, 0.1) is 11.3 Å². The molecule has 0 bridgehead atoms. The minimum atomic E-state index is -0.345. The van der Waals surface area contributed by atoms with Gasteiger partial charge in [0.05, 0.1) is 31.8 Å². The highest BCUT2D eigenvalue weighted by Gasteiger charge is 2.13. The van der Waals surface area contributed by atoms with Crippen LogP contribution in [0.25, 0.3) is 0 Å². The summed E-state index contributed by atoms with van der Waals surface area (Å²) in [6.07, 6.45) is 0.0790. The van der Waals surface area contributed by atoms with Crippen molar-refractivity contribution in [1.29, 1.82) is 5.26 Å². The summed E-state index contributed by atoms with van der Waals surface area (Å²) in [4.78, 5) is 11.5. The topological polar surface area (TPSA) is 59.3 Å². The zero-order valence-corrected chi connectivity index (χ0v) is 11.9. The third-order valence-electron chi connectivity index (χ3n) is 2.41. The van der Waals surface area contributed by atoms with Gasteiger partial charge >= 0.3 is 5.97 Å². The fraction of sp³-hybridized carbons (Fsp3) is 0.385. The van der Waals surface area contributed by atoms with Gasteiger partial charge in [-0.2, -0.15) is 5.26 Å². The van der Waals surface area contributed by atoms with Gasteiger partial charge in [-0.15, -0.1) is 0 Å². The van der Waals surface area contributed by atoms with Gasteiger partial charge in [-0.25, -0.2) is 0 Å². The number of carbonyl (C=O) groups is 1. The van der Waals surface area contributed by atoms with Gasteiger partial charge < -0.3 is 9.47 Å². The molecule has 5 heteroatoms. The molecule has 96 valence electrons. The summed E-state index contributed by atoms with van der Waals surface area (Å²) in [7, 11) is 1.56. The monoisotopic (exact) mass is 311 g/mol. The maximum atomic E-state index is 11.5. The van der Waals surface area contributed by atoms with Crippen molar-refractivity contribution >= 4 is 21.9 Å². The third kappa shape index (κ3) is 3.47. The molecule has 0 saturated carbocycles. The number of esters is 1. The average Bonchev–Trinajstić information content (AvgIpc) is 2.38. The van der Waals surface area contributed by atoms with E-state index in [0.29, 0.717) is 28.8 Å². The van der Waals surface area contributed by atoms with Gasteiger partial charge in [0.25, 0.3) is 0 Å². The molecule has 0 aliphatic carbocycles. The van der Waals surface area contributed by atoms with Crippen LogP contribution in [-0.4, -0.2) is 19.7 Å². The van der Waals surface area contributed by atoms with E-state index in [1.54, 1.807) is 26.2 Å². The third-order valence-corrected chi connectivity index (χ3v) is 3.01. The van der Waals surface area contributed by atoms with Crippen molar-refractivity contribution in [2.45, 2.75) is 18.7 Å². The highest BCUT2D eigenvalue weighted by molar-refractivity contribution is 9.08. The summed E-state index contributed by atoms with van der Waals surface area (Å²) in [6.45, 7) is 2.08. The van der Waals surface area contributed by atoms with E-state index < -0.39 is 0 Å². The molecule has 0 atom stereocenters. The van der Waals surface area contributed by atoms with Crippen molar-refractivity contribution in [3.8, 4) is 11.8 Å². The van der Waals surface area contributed by atoms with Gasteiger partial charge in [-0.3, -0.25) is 4.79 Å². The molecule has 1 rings (SSSR count). The number of nitriles is 1. The molecule has 4 nitrogen and oxygen atoms in total. The lowest BCUT2D eigenvalue weighted by Crippen LogP contribution is -2.09. The van der Waals surface area contributed by atoms with Crippen molar-refractivity contribution in [2.24, 2.45) is 0 Å². The van der Waals surface area contributed by atoms with Crippen LogP contribution >= 0.6 is 15.9 Å². The molecular weight excluding hydrogens is 298 g/mol. The number of hydrogen-bond acceptors (Lipinski definition) is 4. The Hall–Kier alpha value is -1.54. The smallest absolute Gasteiger partial charge is 0.310 e. The Morgan fingerprint density at radius 2 is 2.17 bits per heavy atom. The van der Waals surface area contributed by atoms with E-state index in [2.05, 4.69) is 22.0 Å². The Balaban J connectivity index is 3.10. The molecule has 0 aliphatic rings. The van der Waals surface area contributed by atoms with Crippen LogP contribution in [0.1, 0.15) is 23.6 Å². The molecule has 1 aromatic carbocycles. The van der Waals surface area contributed by atoms with E-state index in [4.69, 9.17) is 14.7 Å². The van der Waals surface area contributed by atoms with Gasteiger partial charge in [0.1, 0.15) is 5.75 Å². The highest BCUT2D eigenvalue weighted by atomic mass is 79.9. The molecule has 0 aromatic heterocycles. The first kappa shape index (κ1) is 14.5. The largest absolute Gasteiger partial charge is 0.496 e. The summed E-state index contributed by atoms with van der Waals surface area (Å²) in [5.74, 6) is 0.313. The fourth-order valence-electron chi connectivity index (χ4n) is 1.58. The van der Waals surface area contributed by atoms with Crippen LogP contribution < -0.4 is 4.74 Å². The van der Waals surface area contributed by atoms with E-state index in [9.17, 15) is 4.79 Å². The summed E-state index contributed by atoms with van der Waals surface area (Å²) >= 11 is 3.33. The Kier molecular flexibility index (Phi) is 5.66. The molecule has 0 fully saturated rings. The number of nitrogens with zero attached hydrogens (tertiary/aromatic N) is 1. The van der Waals surface area contributed by atoms with Gasteiger partial charge in [0, 0.05) is 10.9 Å². The average molecular weight is 312 g/mol. The van der Waals surface area contributed by atoms with Crippen LogP contribution in [0.5, 0.6) is 5.75 Å². The van der Waals surface area contributed by atoms with E-state index in [0.717, 1.165) is 5.56 Å². The minimum Gasteiger partial charge on any atom is -0.496 e. The first-order chi connectivity index (χ1) is 8.65. The SMILES string of the molecule is CCOC(=O)Cc1cc(OC)c(CBr)cc1C#N. The predicted octanol–water partition coefficient (Wildman–Crippen LogP) is 2.57. The first-order valence-electron chi connectivity index (χ1n) is 5.47. The normalized spacial score (nSPS) is 9.67. The fourth-order valence-corrected chi connectivity index (χ4v) is 2.02. The summed E-state index contributed by atoms with van der Waals surface area (Å²) in [5, 5.41) is 9.67. The minimum absolute atomic E-state index is 0.0790. The zero-order valence-electron chi connectivity index (χ0n) is 10.3. The van der Waals surface area contributed by atoms with E-state index in [1.807, 2.05) is 0 Å². The first-order valence-corrected chi connectivity index (χ1v) is 6.59. The molecule has 0 aliphatic heterocycles. The Labute approximate surface area is 115 Å². The number of halogens is 1. The Morgan fingerprint density at radius 1 is 1.44 bits per heavy atom. The van der Waals surface area contributed by atoms with Crippen molar-refractivity contribution < 1.29 is 14.3 Å². The Bertz CT molecular complexity index is 480. The zero-order chi connectivity index (χ0) is 13.5. The van der Waals surface area contributed by atoms with Crippen LogP contribution in [-0.2, 0) is 21.3 Å². The molecular formula is C13H14BrNO3. The summed E-state index contributed by atoms with van der Waals surface area (Å²) < 4.78 is 10.1. The number of alkyl halides is 1. The van der Waals surface area contributed by atoms with Gasteiger partial charge in [-0.05, 0) is 24.6 Å². The maximum absolute atomic E-state index is 11.5. The number of ether oxygens (including phenoxy) is 2. The molecule has 0 radical (unpaired) electrons. The lowest BCUT2D eigenvalue weighted by molar-refractivity contribution is -0.142. The molecule has 1 aromatic rings. The summed E-state index contributed by atoms with van der Waals surface area (Å²) in [5.41, 5.74) is 1.97. The molecule has 0 saturated heterocycles. The number of methoxy groups -OCH3 is 1. The molecule has 0 spiro atoms. The molecule has 0 heterocycles. The second kappa shape index (κ2) is 7.02. The Morgan fingerprint density at radius 3 is 2.67 bits per heavy atom. The number of carbonyl (C=O) groups excluding carboxylic acids is 1. The van der Waals surface area contributed by atoms with Crippen molar-refractivity contribution in [1.82, 2.24) is 0 Å². The van der Waals surface area contributed by atoms with Gasteiger partial charge in [-0.1, -0.05) is 15.9 Å². The van der Waals surface area contributed by atoms with Crippen LogP contribution in [0.4, 0.5) is 0 Å². The standard InChI is InChI=1S/C13H14BrNO3/c1-3-18-13(16)6-9-5-12(17-2)10(7-14)4-11(9)8-15/h4-5H,3,6-7H2,1-2H3. The molecule has 0 amide bonds. The highest BCUT2D eigenvalue weighted by Crippen LogP contribution is 2.26. The second-order valence-corrected chi connectivity index (χ2v) is 4.11. The van der Waals surface area contributed by atoms with E-state index >= 15 is 0 Å². The molecule has 0 N–H and O–H groups in total. The number of hydrogen-bond donors (Lipinski definition) is 0. The van der Waals surface area contributed by atoms with E-state index in [-0.39, 0.29) is 12.4 Å². The van der Waals surface area contributed by atoms with E-state index in [1.165, 1.54) is 0 Å². The van der Waals surface area contributed by atoms with Crippen molar-refractivity contribution in [3.05, 3.63) is 28.8 Å². The summed E-state index contributed by atoms with van der Waals surface area (Å²) in [6, 6.07) is 5.52. The lowest BCUT2D eigenvalue weighted by Gasteiger charge is -2.10. The predicted molar refractivity (Wildman–Crippen MR) is 70.7 cm³/mol. The molecule has 0 unspecified atom stereocenters. The maximum Gasteiger partial charge on any atom is 0.310 e. The van der Waals surface area contributed by atoms with Gasteiger partial charge in [0.2, 0.25) is 0 Å².